The molecule has 0 bridgehead atoms. The van der Waals surface area contributed by atoms with Gasteiger partial charge in [-0.1, -0.05) is 0 Å². The fourth-order valence-corrected chi connectivity index (χ4v) is 1.42. The van der Waals surface area contributed by atoms with Gasteiger partial charge >= 0.3 is 0 Å². The van der Waals surface area contributed by atoms with Crippen molar-refractivity contribution in [3.05, 3.63) is 0 Å². The summed E-state index contributed by atoms with van der Waals surface area (Å²) in [6.45, 7) is 1.83. The largest absolute Gasteiger partial charge is 0.371 e. The predicted octanol–water partition coefficient (Wildman–Crippen LogP) is -0.314. The van der Waals surface area contributed by atoms with Gasteiger partial charge in [0, 0.05) is 29.7 Å². The Hall–Kier alpha value is 0.0700. The third kappa shape index (κ3) is 5.95. The number of hydrogen-bond acceptors (Lipinski definition) is 3. The number of methoxy groups -OCH3 is 1. The summed E-state index contributed by atoms with van der Waals surface area (Å²) in [6, 6.07) is 0.000910. The maximum absolute atomic E-state index is 10.8. The summed E-state index contributed by atoms with van der Waals surface area (Å²) in [5.74, 6) is 0.815. The second-order valence-corrected chi connectivity index (χ2v) is 3.44. The number of nitrogens with two attached hydrogens (primary N) is 1. The molecule has 0 aliphatic heterocycles. The maximum Gasteiger partial charge on any atom is 0.121 e. The molecule has 9 heavy (non-hydrogen) atoms. The molecule has 0 saturated carbocycles. The zero-order valence-electron chi connectivity index (χ0n) is 5.79. The summed E-state index contributed by atoms with van der Waals surface area (Å²) in [5.41, 5.74) is 5.37. The van der Waals surface area contributed by atoms with Gasteiger partial charge in [-0.05, 0) is 6.92 Å². The van der Waals surface area contributed by atoms with E-state index in [9.17, 15) is 4.21 Å². The maximum atomic E-state index is 10.8. The van der Waals surface area contributed by atoms with E-state index in [1.54, 1.807) is 0 Å². The minimum atomic E-state index is -0.897. The summed E-state index contributed by atoms with van der Waals surface area (Å²) >= 11 is 0. The molecule has 0 aromatic rings. The monoisotopic (exact) mass is 151 g/mol. The van der Waals surface area contributed by atoms with Gasteiger partial charge in [0.15, 0.2) is 0 Å². The van der Waals surface area contributed by atoms with Crippen LogP contribution in [0.1, 0.15) is 6.92 Å². The first kappa shape index (κ1) is 9.07. The van der Waals surface area contributed by atoms with E-state index in [0.29, 0.717) is 11.7 Å². The molecule has 0 aromatic carbocycles. The summed E-state index contributed by atoms with van der Waals surface area (Å²) < 4.78 is 15.4. The van der Waals surface area contributed by atoms with E-state index >= 15 is 0 Å². The molecule has 0 fully saturated rings. The molecule has 0 amide bonds. The first-order chi connectivity index (χ1) is 4.16. The van der Waals surface area contributed by atoms with Gasteiger partial charge in [0.25, 0.3) is 0 Å². The molecule has 0 aliphatic rings. The lowest BCUT2D eigenvalue weighted by molar-refractivity contribution is 0.254. The Morgan fingerprint density at radius 1 is 1.78 bits per heavy atom. The van der Waals surface area contributed by atoms with Crippen LogP contribution < -0.4 is 5.73 Å². The molecular formula is C5H13NO2S. The van der Waals surface area contributed by atoms with Crippen molar-refractivity contribution in [2.75, 3.05) is 18.8 Å². The molecule has 0 aromatic heterocycles. The highest BCUT2D eigenvalue weighted by Crippen LogP contribution is 1.85. The molecule has 3 nitrogen and oxygen atoms in total. The molecule has 2 unspecified atom stereocenters. The molecule has 0 aliphatic carbocycles. The highest BCUT2D eigenvalue weighted by Gasteiger charge is 2.00. The van der Waals surface area contributed by atoms with Crippen molar-refractivity contribution in [1.29, 1.82) is 0 Å². The lowest BCUT2D eigenvalue weighted by Crippen LogP contribution is -2.24. The van der Waals surface area contributed by atoms with E-state index in [4.69, 9.17) is 5.73 Å². The predicted molar refractivity (Wildman–Crippen MR) is 38.5 cm³/mol. The zero-order valence-corrected chi connectivity index (χ0v) is 6.61. The van der Waals surface area contributed by atoms with Gasteiger partial charge in [0.05, 0.1) is 0 Å². The zero-order chi connectivity index (χ0) is 7.28. The fraction of sp³-hybridized carbons (Fsp3) is 1.00. The average molecular weight is 151 g/mol. The topological polar surface area (TPSA) is 52.3 Å². The Kier molecular flexibility index (Phi) is 4.94. The minimum Gasteiger partial charge on any atom is -0.371 e. The van der Waals surface area contributed by atoms with Gasteiger partial charge < -0.3 is 10.5 Å². The second kappa shape index (κ2) is 4.90. The Bertz CT molecular complexity index is 95.0. The van der Waals surface area contributed by atoms with Crippen LogP contribution in [0.15, 0.2) is 0 Å². The highest BCUT2D eigenvalue weighted by molar-refractivity contribution is 7.84. The summed E-state index contributed by atoms with van der Waals surface area (Å²) in [5, 5.41) is 0. The van der Waals surface area contributed by atoms with E-state index in [1.807, 2.05) is 6.92 Å². The molecule has 0 saturated heterocycles. The van der Waals surface area contributed by atoms with Crippen molar-refractivity contribution < 1.29 is 8.95 Å². The first-order valence-corrected chi connectivity index (χ1v) is 4.25. The highest BCUT2D eigenvalue weighted by atomic mass is 32.2. The van der Waals surface area contributed by atoms with Gasteiger partial charge in [-0.25, -0.2) is 0 Å². The van der Waals surface area contributed by atoms with Crippen molar-refractivity contribution in [3.8, 4) is 0 Å². The molecule has 0 radical (unpaired) electrons. The summed E-state index contributed by atoms with van der Waals surface area (Å²) in [6.07, 6.45) is 0. The lowest BCUT2D eigenvalue weighted by Gasteiger charge is -2.02. The Morgan fingerprint density at radius 3 is 2.67 bits per heavy atom. The summed E-state index contributed by atoms with van der Waals surface area (Å²) in [4.78, 5) is 0. The first-order valence-electron chi connectivity index (χ1n) is 2.76. The van der Waals surface area contributed by atoms with Crippen molar-refractivity contribution in [2.24, 2.45) is 5.73 Å². The fourth-order valence-electron chi connectivity index (χ4n) is 0.473. The molecule has 0 rings (SSSR count). The molecule has 56 valence electrons. The van der Waals surface area contributed by atoms with Crippen molar-refractivity contribution in [2.45, 2.75) is 13.0 Å². The van der Waals surface area contributed by atoms with Gasteiger partial charge in [0.2, 0.25) is 0 Å². The van der Waals surface area contributed by atoms with Gasteiger partial charge in [-0.2, -0.15) is 0 Å². The van der Waals surface area contributed by atoms with Crippen molar-refractivity contribution in [1.82, 2.24) is 0 Å². The third-order valence-electron chi connectivity index (χ3n) is 0.698. The minimum absolute atomic E-state index is 0.000910. The van der Waals surface area contributed by atoms with Crippen LogP contribution >= 0.6 is 0 Å². The number of hydrogen-bond donors (Lipinski definition) is 1. The SMILES string of the molecule is COCS(=O)CC(C)N. The number of ether oxygens (including phenoxy) is 1. The Balaban J connectivity index is 3.27. The summed E-state index contributed by atoms with van der Waals surface area (Å²) in [7, 11) is 0.629. The Morgan fingerprint density at radius 2 is 2.33 bits per heavy atom. The van der Waals surface area contributed by atoms with Gasteiger partial charge in [0.1, 0.15) is 5.94 Å². The van der Waals surface area contributed by atoms with E-state index in [1.165, 1.54) is 7.11 Å². The van der Waals surface area contributed by atoms with E-state index in [0.717, 1.165) is 0 Å². The van der Waals surface area contributed by atoms with Crippen LogP contribution in [0, 0.1) is 0 Å². The van der Waals surface area contributed by atoms with Crippen LogP contribution in [0.2, 0.25) is 0 Å². The average Bonchev–Trinajstić information content (AvgIpc) is 1.63. The standard InChI is InChI=1S/C5H13NO2S/c1-5(6)3-9(7)4-8-2/h5H,3-4,6H2,1-2H3. The molecule has 4 heteroatoms. The smallest absolute Gasteiger partial charge is 0.121 e. The molecule has 2 N–H and O–H groups in total. The molecule has 0 spiro atoms. The van der Waals surface area contributed by atoms with Crippen LogP contribution in [0.5, 0.6) is 0 Å². The van der Waals surface area contributed by atoms with E-state index < -0.39 is 10.8 Å². The second-order valence-electron chi connectivity index (χ2n) is 1.99. The molecular weight excluding hydrogens is 138 g/mol. The normalized spacial score (nSPS) is 17.2. The quantitative estimate of drug-likeness (QED) is 0.599. The molecule has 2 atom stereocenters. The number of rotatable bonds is 4. The van der Waals surface area contributed by atoms with Crippen molar-refractivity contribution in [3.63, 3.8) is 0 Å². The van der Waals surface area contributed by atoms with Crippen LogP contribution in [-0.4, -0.2) is 29.1 Å². The third-order valence-corrected chi connectivity index (χ3v) is 2.09. The van der Waals surface area contributed by atoms with Crippen molar-refractivity contribution >= 4 is 10.8 Å². The van der Waals surface area contributed by atoms with Crippen LogP contribution in [0.3, 0.4) is 0 Å². The molecule has 0 heterocycles. The lowest BCUT2D eigenvalue weighted by atomic mass is 10.4. The van der Waals surface area contributed by atoms with Gasteiger partial charge in [-0.15, -0.1) is 0 Å². The van der Waals surface area contributed by atoms with E-state index in [2.05, 4.69) is 4.74 Å². The van der Waals surface area contributed by atoms with Crippen LogP contribution in [0.4, 0.5) is 0 Å². The van der Waals surface area contributed by atoms with Gasteiger partial charge in [-0.3, -0.25) is 4.21 Å². The Labute approximate surface area is 58.0 Å². The van der Waals surface area contributed by atoms with E-state index in [-0.39, 0.29) is 6.04 Å². The van der Waals surface area contributed by atoms with Crippen LogP contribution in [0.25, 0.3) is 0 Å². The van der Waals surface area contributed by atoms with Crippen LogP contribution in [-0.2, 0) is 15.5 Å².